The number of hydrogen-bond acceptors (Lipinski definition) is 2. The fourth-order valence-corrected chi connectivity index (χ4v) is 4.70. The molecule has 5 rings (SSSR count). The third kappa shape index (κ3) is 2.51. The van der Waals surface area contributed by atoms with Crippen LogP contribution in [0.25, 0.3) is 10.9 Å². The van der Waals surface area contributed by atoms with Crippen molar-refractivity contribution in [3.05, 3.63) is 65.4 Å². The van der Waals surface area contributed by atoms with Gasteiger partial charge in [0.15, 0.2) is 0 Å². The van der Waals surface area contributed by atoms with E-state index in [0.29, 0.717) is 0 Å². The van der Waals surface area contributed by atoms with Crippen molar-refractivity contribution in [1.29, 1.82) is 0 Å². The van der Waals surface area contributed by atoms with Crippen molar-refractivity contribution in [1.82, 2.24) is 9.88 Å². The molecule has 0 unspecified atom stereocenters. The number of aromatic nitrogens is 1. The SMILES string of the molecule is CC1(C)C(=O)N(CCN2CCc3c([nH]c4ccccc34)C2)c2ccccc21. The van der Waals surface area contributed by atoms with E-state index in [4.69, 9.17) is 0 Å². The van der Waals surface area contributed by atoms with Crippen LogP contribution in [0.4, 0.5) is 5.69 Å². The summed E-state index contributed by atoms with van der Waals surface area (Å²) in [6, 6.07) is 16.8. The highest BCUT2D eigenvalue weighted by Gasteiger charge is 2.43. The number of amides is 1. The van der Waals surface area contributed by atoms with Crippen LogP contribution in [-0.2, 0) is 23.2 Å². The quantitative estimate of drug-likeness (QED) is 0.771. The van der Waals surface area contributed by atoms with Crippen LogP contribution in [-0.4, -0.2) is 35.4 Å². The summed E-state index contributed by atoms with van der Waals surface area (Å²) < 4.78 is 0. The van der Waals surface area contributed by atoms with Gasteiger partial charge in [-0.3, -0.25) is 9.69 Å². The molecule has 2 aliphatic rings. The van der Waals surface area contributed by atoms with Gasteiger partial charge in [0, 0.05) is 48.5 Å². The summed E-state index contributed by atoms with van der Waals surface area (Å²) in [5, 5.41) is 1.36. The van der Waals surface area contributed by atoms with Crippen molar-refractivity contribution in [3.63, 3.8) is 0 Å². The predicted molar refractivity (Wildman–Crippen MR) is 109 cm³/mol. The van der Waals surface area contributed by atoms with E-state index in [1.165, 1.54) is 22.2 Å². The highest BCUT2D eigenvalue weighted by molar-refractivity contribution is 6.07. The number of aromatic amines is 1. The van der Waals surface area contributed by atoms with Gasteiger partial charge in [0.1, 0.15) is 0 Å². The summed E-state index contributed by atoms with van der Waals surface area (Å²) >= 11 is 0. The van der Waals surface area contributed by atoms with Gasteiger partial charge in [-0.2, -0.15) is 0 Å². The van der Waals surface area contributed by atoms with E-state index in [1.807, 2.05) is 30.9 Å². The first kappa shape index (κ1) is 16.6. The van der Waals surface area contributed by atoms with Crippen molar-refractivity contribution in [2.45, 2.75) is 32.2 Å². The molecule has 138 valence electrons. The Morgan fingerprint density at radius 3 is 2.70 bits per heavy atom. The van der Waals surface area contributed by atoms with E-state index in [2.05, 4.69) is 46.3 Å². The lowest BCUT2D eigenvalue weighted by atomic mass is 9.86. The second-order valence-electron chi connectivity index (χ2n) is 8.25. The van der Waals surface area contributed by atoms with Gasteiger partial charge < -0.3 is 9.88 Å². The Morgan fingerprint density at radius 2 is 1.81 bits per heavy atom. The number of para-hydroxylation sites is 2. The summed E-state index contributed by atoms with van der Waals surface area (Å²) in [6.45, 7) is 7.68. The van der Waals surface area contributed by atoms with Crippen LogP contribution >= 0.6 is 0 Å². The topological polar surface area (TPSA) is 39.3 Å². The first-order valence-electron chi connectivity index (χ1n) is 9.78. The molecule has 3 aromatic rings. The molecule has 2 aromatic carbocycles. The van der Waals surface area contributed by atoms with Gasteiger partial charge >= 0.3 is 0 Å². The zero-order chi connectivity index (χ0) is 18.6. The Morgan fingerprint density at radius 1 is 1.04 bits per heavy atom. The Balaban J connectivity index is 1.33. The van der Waals surface area contributed by atoms with E-state index in [-0.39, 0.29) is 5.91 Å². The molecular formula is C23H25N3O. The van der Waals surface area contributed by atoms with Crippen molar-refractivity contribution in [3.8, 4) is 0 Å². The number of anilines is 1. The molecule has 0 saturated heterocycles. The molecule has 1 aromatic heterocycles. The highest BCUT2D eigenvalue weighted by atomic mass is 16.2. The monoisotopic (exact) mass is 359 g/mol. The fourth-order valence-electron chi connectivity index (χ4n) is 4.70. The first-order chi connectivity index (χ1) is 13.1. The van der Waals surface area contributed by atoms with Crippen LogP contribution in [0.5, 0.6) is 0 Å². The number of nitrogens with one attached hydrogen (secondary N) is 1. The number of fused-ring (bicyclic) bond motifs is 4. The molecule has 0 bridgehead atoms. The van der Waals surface area contributed by atoms with E-state index in [0.717, 1.165) is 43.9 Å². The molecule has 0 radical (unpaired) electrons. The van der Waals surface area contributed by atoms with Crippen molar-refractivity contribution in [2.75, 3.05) is 24.5 Å². The number of hydrogen-bond donors (Lipinski definition) is 1. The number of carbonyl (C=O) groups excluding carboxylic acids is 1. The molecule has 27 heavy (non-hydrogen) atoms. The molecule has 0 aliphatic carbocycles. The van der Waals surface area contributed by atoms with Crippen molar-refractivity contribution in [2.24, 2.45) is 0 Å². The van der Waals surface area contributed by atoms with Gasteiger partial charge in [-0.05, 0) is 43.5 Å². The number of benzene rings is 2. The van der Waals surface area contributed by atoms with E-state index in [1.54, 1.807) is 0 Å². The van der Waals surface area contributed by atoms with Crippen LogP contribution in [0.15, 0.2) is 48.5 Å². The lowest BCUT2D eigenvalue weighted by Crippen LogP contribution is -2.42. The lowest BCUT2D eigenvalue weighted by Gasteiger charge is -2.29. The van der Waals surface area contributed by atoms with Crippen LogP contribution < -0.4 is 4.90 Å². The molecular weight excluding hydrogens is 334 g/mol. The molecule has 0 spiro atoms. The average molecular weight is 359 g/mol. The summed E-state index contributed by atoms with van der Waals surface area (Å²) in [6.07, 6.45) is 1.06. The van der Waals surface area contributed by atoms with Gasteiger partial charge in [0.25, 0.3) is 0 Å². The molecule has 4 nitrogen and oxygen atoms in total. The second-order valence-corrected chi connectivity index (χ2v) is 8.25. The van der Waals surface area contributed by atoms with E-state index >= 15 is 0 Å². The van der Waals surface area contributed by atoms with Crippen molar-refractivity contribution < 1.29 is 4.79 Å². The summed E-state index contributed by atoms with van der Waals surface area (Å²) in [5.74, 6) is 0.215. The third-order valence-corrected chi connectivity index (χ3v) is 6.25. The zero-order valence-electron chi connectivity index (χ0n) is 16.0. The van der Waals surface area contributed by atoms with Gasteiger partial charge in [0.05, 0.1) is 5.41 Å². The third-order valence-electron chi connectivity index (χ3n) is 6.25. The fraction of sp³-hybridized carbons (Fsp3) is 0.348. The highest BCUT2D eigenvalue weighted by Crippen LogP contribution is 2.41. The van der Waals surface area contributed by atoms with Crippen LogP contribution in [0, 0.1) is 0 Å². The number of carbonyl (C=O) groups is 1. The maximum absolute atomic E-state index is 13.0. The normalized spacial score (nSPS) is 18.7. The Bertz CT molecular complexity index is 1030. The Labute approximate surface area is 159 Å². The first-order valence-corrected chi connectivity index (χ1v) is 9.78. The number of nitrogens with zero attached hydrogens (tertiary/aromatic N) is 2. The number of rotatable bonds is 3. The summed E-state index contributed by atoms with van der Waals surface area (Å²) in [7, 11) is 0. The maximum Gasteiger partial charge on any atom is 0.237 e. The minimum Gasteiger partial charge on any atom is -0.357 e. The van der Waals surface area contributed by atoms with Gasteiger partial charge in [0.2, 0.25) is 5.91 Å². The molecule has 3 heterocycles. The number of H-pyrrole nitrogens is 1. The summed E-state index contributed by atoms with van der Waals surface area (Å²) in [4.78, 5) is 21.0. The minimum atomic E-state index is -0.428. The zero-order valence-corrected chi connectivity index (χ0v) is 16.0. The molecule has 1 N–H and O–H groups in total. The van der Waals surface area contributed by atoms with Crippen LogP contribution in [0.2, 0.25) is 0 Å². The maximum atomic E-state index is 13.0. The Kier molecular flexibility index (Phi) is 3.66. The van der Waals surface area contributed by atoms with Gasteiger partial charge in [-0.1, -0.05) is 36.4 Å². The molecule has 4 heteroatoms. The van der Waals surface area contributed by atoms with Crippen LogP contribution in [0.1, 0.15) is 30.7 Å². The lowest BCUT2D eigenvalue weighted by molar-refractivity contribution is -0.122. The molecule has 0 fully saturated rings. The molecule has 2 aliphatic heterocycles. The van der Waals surface area contributed by atoms with E-state index in [9.17, 15) is 4.79 Å². The van der Waals surface area contributed by atoms with Gasteiger partial charge in [-0.15, -0.1) is 0 Å². The average Bonchev–Trinajstić information content (AvgIpc) is 3.14. The summed E-state index contributed by atoms with van der Waals surface area (Å²) in [5.41, 5.74) is 5.82. The van der Waals surface area contributed by atoms with E-state index < -0.39 is 5.41 Å². The minimum absolute atomic E-state index is 0.215. The molecule has 1 amide bonds. The predicted octanol–water partition coefficient (Wildman–Crippen LogP) is 3.85. The largest absolute Gasteiger partial charge is 0.357 e. The van der Waals surface area contributed by atoms with Crippen LogP contribution in [0.3, 0.4) is 0 Å². The second kappa shape index (κ2) is 5.96. The standard InChI is InChI=1S/C23H25N3O/c1-23(2)18-8-4-6-10-21(18)26(22(23)27)14-13-25-12-11-17-16-7-3-5-9-19(16)24-20(17)15-25/h3-10,24H,11-15H2,1-2H3. The van der Waals surface area contributed by atoms with Crippen molar-refractivity contribution >= 4 is 22.5 Å². The molecule has 0 atom stereocenters. The Hall–Kier alpha value is -2.59. The molecule has 0 saturated carbocycles. The smallest absolute Gasteiger partial charge is 0.237 e. The van der Waals surface area contributed by atoms with Gasteiger partial charge in [-0.25, -0.2) is 0 Å².